The topological polar surface area (TPSA) is 29.5 Å². The predicted octanol–water partition coefficient (Wildman–Crippen LogP) is 2.39. The number of hydrogen-bond acceptors (Lipinski definition) is 3. The van der Waals surface area contributed by atoms with E-state index in [1.807, 2.05) is 12.1 Å². The van der Waals surface area contributed by atoms with Crippen molar-refractivity contribution >= 4 is 5.78 Å². The van der Waals surface area contributed by atoms with E-state index in [1.54, 1.807) is 7.11 Å². The first kappa shape index (κ1) is 11.7. The first-order valence-electron chi connectivity index (χ1n) is 6.62. The third-order valence-electron chi connectivity index (χ3n) is 4.38. The van der Waals surface area contributed by atoms with Crippen molar-refractivity contribution in [2.45, 2.75) is 37.8 Å². The normalized spacial score (nSPS) is 22.2. The number of Topliss-reactive ketones (excluding diaryl/α,β-unsaturated/α-hetero) is 1. The van der Waals surface area contributed by atoms with Crippen molar-refractivity contribution in [1.29, 1.82) is 0 Å². The van der Waals surface area contributed by atoms with Crippen LogP contribution in [-0.2, 0) is 11.3 Å². The lowest BCUT2D eigenvalue weighted by Crippen LogP contribution is -2.48. The van der Waals surface area contributed by atoms with Gasteiger partial charge in [-0.05, 0) is 37.0 Å². The van der Waals surface area contributed by atoms with Gasteiger partial charge < -0.3 is 4.74 Å². The fourth-order valence-electron chi connectivity index (χ4n) is 3.17. The zero-order chi connectivity index (χ0) is 12.6. The molecule has 0 unspecified atom stereocenters. The summed E-state index contributed by atoms with van der Waals surface area (Å²) in [6.45, 7) is 1.52. The van der Waals surface area contributed by atoms with E-state index in [9.17, 15) is 4.79 Å². The van der Waals surface area contributed by atoms with Crippen LogP contribution in [0.25, 0.3) is 0 Å². The van der Waals surface area contributed by atoms with Crippen LogP contribution in [0.2, 0.25) is 0 Å². The van der Waals surface area contributed by atoms with Crippen LogP contribution in [0.3, 0.4) is 0 Å². The van der Waals surface area contributed by atoms with Crippen LogP contribution in [0.1, 0.15) is 31.2 Å². The number of carbonyl (C=O) groups excluding carboxylic acids is 1. The van der Waals surface area contributed by atoms with E-state index in [2.05, 4.69) is 17.0 Å². The van der Waals surface area contributed by atoms with Gasteiger partial charge in [0.25, 0.3) is 0 Å². The molecule has 0 N–H and O–H groups in total. The maximum absolute atomic E-state index is 11.7. The molecule has 0 radical (unpaired) electrons. The van der Waals surface area contributed by atoms with Gasteiger partial charge in [-0.1, -0.05) is 12.1 Å². The van der Waals surface area contributed by atoms with Gasteiger partial charge in [0.05, 0.1) is 13.7 Å². The zero-order valence-electron chi connectivity index (χ0n) is 10.8. The fourth-order valence-corrected chi connectivity index (χ4v) is 3.17. The molecule has 3 heteroatoms. The highest BCUT2D eigenvalue weighted by molar-refractivity contribution is 5.84. The zero-order valence-corrected chi connectivity index (χ0v) is 10.8. The summed E-state index contributed by atoms with van der Waals surface area (Å²) in [5.41, 5.74) is 1.47. The molecule has 1 aromatic rings. The number of hydrogen-bond donors (Lipinski definition) is 0. The largest absolute Gasteiger partial charge is 0.497 e. The van der Waals surface area contributed by atoms with Gasteiger partial charge in [-0.3, -0.25) is 9.69 Å². The predicted molar refractivity (Wildman–Crippen MR) is 69.6 cm³/mol. The van der Waals surface area contributed by atoms with Crippen molar-refractivity contribution in [2.24, 2.45) is 0 Å². The van der Waals surface area contributed by atoms with Crippen molar-refractivity contribution in [2.75, 3.05) is 13.7 Å². The molecule has 1 aliphatic carbocycles. The number of methoxy groups -OCH3 is 1. The van der Waals surface area contributed by atoms with E-state index in [0.717, 1.165) is 18.7 Å². The molecule has 3 nitrogen and oxygen atoms in total. The lowest BCUT2D eigenvalue weighted by atomic mass is 9.74. The molecule has 1 spiro atoms. The van der Waals surface area contributed by atoms with Gasteiger partial charge in [-0.25, -0.2) is 0 Å². The summed E-state index contributed by atoms with van der Waals surface area (Å²) >= 11 is 0. The number of nitrogens with zero attached hydrogens (tertiary/aromatic N) is 1. The number of carbonyl (C=O) groups is 1. The number of likely N-dealkylation sites (tertiary alicyclic amines) is 1. The molecular formula is C15H19NO2. The SMILES string of the molecule is COc1ccc(CN2CC(=O)CC23CCC3)cc1. The molecule has 2 aliphatic rings. The van der Waals surface area contributed by atoms with Crippen molar-refractivity contribution in [3.8, 4) is 5.75 Å². The number of benzene rings is 1. The Morgan fingerprint density at radius 3 is 2.56 bits per heavy atom. The number of rotatable bonds is 3. The quantitative estimate of drug-likeness (QED) is 0.819. The van der Waals surface area contributed by atoms with Crippen molar-refractivity contribution in [1.82, 2.24) is 4.90 Å². The summed E-state index contributed by atoms with van der Waals surface area (Å²) in [4.78, 5) is 14.1. The molecule has 1 saturated carbocycles. The van der Waals surface area contributed by atoms with Crippen molar-refractivity contribution < 1.29 is 9.53 Å². The molecule has 1 heterocycles. The van der Waals surface area contributed by atoms with Gasteiger partial charge >= 0.3 is 0 Å². The average molecular weight is 245 g/mol. The average Bonchev–Trinajstić information content (AvgIpc) is 2.67. The minimum Gasteiger partial charge on any atom is -0.497 e. The first-order valence-corrected chi connectivity index (χ1v) is 6.62. The Labute approximate surface area is 108 Å². The van der Waals surface area contributed by atoms with Crippen LogP contribution < -0.4 is 4.74 Å². The highest BCUT2D eigenvalue weighted by Gasteiger charge is 2.48. The standard InChI is InChI=1S/C15H19NO2/c1-18-14-5-3-12(4-6-14)10-16-11-13(17)9-15(16)7-2-8-15/h3-6H,2,7-11H2,1H3. The van der Waals surface area contributed by atoms with Crippen LogP contribution in [0.5, 0.6) is 5.75 Å². The molecular weight excluding hydrogens is 226 g/mol. The van der Waals surface area contributed by atoms with Gasteiger partial charge in [-0.15, -0.1) is 0 Å². The van der Waals surface area contributed by atoms with Crippen LogP contribution in [0.4, 0.5) is 0 Å². The molecule has 0 bridgehead atoms. The molecule has 0 aromatic heterocycles. The lowest BCUT2D eigenvalue weighted by Gasteiger charge is -2.45. The number of ketones is 1. The Morgan fingerprint density at radius 2 is 2.00 bits per heavy atom. The minimum atomic E-state index is 0.205. The van der Waals surface area contributed by atoms with E-state index in [4.69, 9.17) is 4.74 Å². The molecule has 2 fully saturated rings. The second-order valence-corrected chi connectivity index (χ2v) is 5.50. The first-order chi connectivity index (χ1) is 8.72. The molecule has 3 rings (SSSR count). The smallest absolute Gasteiger partial charge is 0.148 e. The maximum atomic E-state index is 11.7. The second-order valence-electron chi connectivity index (χ2n) is 5.50. The maximum Gasteiger partial charge on any atom is 0.148 e. The monoisotopic (exact) mass is 245 g/mol. The van der Waals surface area contributed by atoms with Gasteiger partial charge in [0.2, 0.25) is 0 Å². The molecule has 0 atom stereocenters. The van der Waals surface area contributed by atoms with Crippen molar-refractivity contribution in [3.05, 3.63) is 29.8 Å². The van der Waals surface area contributed by atoms with Gasteiger partial charge in [0.15, 0.2) is 0 Å². The van der Waals surface area contributed by atoms with Crippen LogP contribution >= 0.6 is 0 Å². The Morgan fingerprint density at radius 1 is 1.28 bits per heavy atom. The molecule has 96 valence electrons. The summed E-state index contributed by atoms with van der Waals surface area (Å²) in [5.74, 6) is 1.29. The lowest BCUT2D eigenvalue weighted by molar-refractivity contribution is -0.117. The molecule has 18 heavy (non-hydrogen) atoms. The Bertz CT molecular complexity index is 448. The van der Waals surface area contributed by atoms with Gasteiger partial charge in [-0.2, -0.15) is 0 Å². The van der Waals surface area contributed by atoms with Crippen LogP contribution in [0.15, 0.2) is 24.3 Å². The summed E-state index contributed by atoms with van der Waals surface area (Å²) in [7, 11) is 1.68. The van der Waals surface area contributed by atoms with Crippen LogP contribution in [0, 0.1) is 0 Å². The number of ether oxygens (including phenoxy) is 1. The molecule has 0 amide bonds. The highest BCUT2D eigenvalue weighted by Crippen LogP contribution is 2.44. The molecule has 1 aromatic carbocycles. The summed E-state index contributed by atoms with van der Waals surface area (Å²) in [5, 5.41) is 0. The Hall–Kier alpha value is -1.35. The third-order valence-corrected chi connectivity index (χ3v) is 4.38. The molecule has 1 saturated heterocycles. The van der Waals surface area contributed by atoms with E-state index in [0.29, 0.717) is 12.3 Å². The third kappa shape index (κ3) is 1.93. The van der Waals surface area contributed by atoms with Gasteiger partial charge in [0, 0.05) is 18.5 Å². The summed E-state index contributed by atoms with van der Waals surface area (Å²) < 4.78 is 5.16. The fraction of sp³-hybridized carbons (Fsp3) is 0.533. The second kappa shape index (κ2) is 4.39. The van der Waals surface area contributed by atoms with E-state index in [-0.39, 0.29) is 5.54 Å². The Balaban J connectivity index is 1.73. The van der Waals surface area contributed by atoms with E-state index < -0.39 is 0 Å². The minimum absolute atomic E-state index is 0.205. The van der Waals surface area contributed by atoms with E-state index >= 15 is 0 Å². The summed E-state index contributed by atoms with van der Waals surface area (Å²) in [6, 6.07) is 8.16. The molecule has 1 aliphatic heterocycles. The van der Waals surface area contributed by atoms with Gasteiger partial charge in [0.1, 0.15) is 11.5 Å². The Kier molecular flexibility index (Phi) is 2.86. The van der Waals surface area contributed by atoms with E-state index in [1.165, 1.54) is 24.8 Å². The van der Waals surface area contributed by atoms with Crippen LogP contribution in [-0.4, -0.2) is 29.9 Å². The van der Waals surface area contributed by atoms with Crippen molar-refractivity contribution in [3.63, 3.8) is 0 Å². The summed E-state index contributed by atoms with van der Waals surface area (Å²) in [6.07, 6.45) is 4.42. The highest BCUT2D eigenvalue weighted by atomic mass is 16.5.